The third-order valence-corrected chi connectivity index (χ3v) is 4.17. The van der Waals surface area contributed by atoms with E-state index in [0.29, 0.717) is 4.99 Å². The first-order valence-electron chi connectivity index (χ1n) is 5.06. The van der Waals surface area contributed by atoms with Gasteiger partial charge in [0.1, 0.15) is 5.01 Å². The van der Waals surface area contributed by atoms with Gasteiger partial charge < -0.3 is 11.1 Å². The molecule has 0 bridgehead atoms. The maximum atomic E-state index is 12.0. The van der Waals surface area contributed by atoms with Gasteiger partial charge in [0.25, 0.3) is 0 Å². The van der Waals surface area contributed by atoms with E-state index in [1.54, 1.807) is 6.20 Å². The molecule has 1 aromatic heterocycles. The van der Waals surface area contributed by atoms with Crippen molar-refractivity contribution in [2.75, 3.05) is 0 Å². The standard InChI is InChI=1S/C10H13N3OS2/c1-6(7-12-4-5-16-7)13-9(14)10(2-3-10)8(11)15/h4-6H,2-3H2,1H3,(H2,11,15)(H,13,14). The number of carbonyl (C=O) groups is 1. The summed E-state index contributed by atoms with van der Waals surface area (Å²) in [4.78, 5) is 16.4. The van der Waals surface area contributed by atoms with Gasteiger partial charge >= 0.3 is 0 Å². The molecule has 16 heavy (non-hydrogen) atoms. The van der Waals surface area contributed by atoms with Crippen LogP contribution in [0.15, 0.2) is 11.6 Å². The zero-order valence-corrected chi connectivity index (χ0v) is 10.5. The molecule has 4 nitrogen and oxygen atoms in total. The lowest BCUT2D eigenvalue weighted by atomic mass is 10.1. The molecule has 0 spiro atoms. The summed E-state index contributed by atoms with van der Waals surface area (Å²) >= 11 is 6.45. The molecule has 1 heterocycles. The predicted octanol–water partition coefficient (Wildman–Crippen LogP) is 1.39. The second-order valence-corrected chi connectivity index (χ2v) is 5.38. The van der Waals surface area contributed by atoms with E-state index in [9.17, 15) is 4.79 Å². The largest absolute Gasteiger partial charge is 0.392 e. The van der Waals surface area contributed by atoms with Crippen LogP contribution in [0.3, 0.4) is 0 Å². The predicted molar refractivity (Wildman–Crippen MR) is 67.1 cm³/mol. The Labute approximate surface area is 103 Å². The molecular weight excluding hydrogens is 242 g/mol. The minimum absolute atomic E-state index is 0.0669. The molecule has 1 atom stereocenters. The Hall–Kier alpha value is -1.01. The molecule has 1 amide bonds. The lowest BCUT2D eigenvalue weighted by Gasteiger charge is -2.17. The molecule has 86 valence electrons. The Morgan fingerprint density at radius 2 is 2.44 bits per heavy atom. The topological polar surface area (TPSA) is 68.0 Å². The van der Waals surface area contributed by atoms with Crippen LogP contribution in [0, 0.1) is 5.41 Å². The van der Waals surface area contributed by atoms with E-state index in [1.165, 1.54) is 11.3 Å². The molecule has 1 unspecified atom stereocenters. The van der Waals surface area contributed by atoms with E-state index in [-0.39, 0.29) is 11.9 Å². The normalized spacial score (nSPS) is 18.8. The number of rotatable bonds is 4. The second kappa shape index (κ2) is 4.10. The van der Waals surface area contributed by atoms with E-state index in [2.05, 4.69) is 10.3 Å². The molecule has 1 saturated carbocycles. The summed E-state index contributed by atoms with van der Waals surface area (Å²) in [5, 5.41) is 5.69. The highest BCUT2D eigenvalue weighted by atomic mass is 32.1. The molecule has 1 fully saturated rings. The van der Waals surface area contributed by atoms with Crippen LogP contribution in [-0.4, -0.2) is 15.9 Å². The minimum Gasteiger partial charge on any atom is -0.392 e. The van der Waals surface area contributed by atoms with Crippen LogP contribution in [0.1, 0.15) is 30.8 Å². The second-order valence-electron chi connectivity index (χ2n) is 4.01. The summed E-state index contributed by atoms with van der Waals surface area (Å²) in [6.07, 6.45) is 3.25. The average Bonchev–Trinajstić information content (AvgIpc) is 2.87. The Kier molecular flexibility index (Phi) is 2.94. The quantitative estimate of drug-likeness (QED) is 0.798. The van der Waals surface area contributed by atoms with Gasteiger partial charge in [-0.15, -0.1) is 11.3 Å². The van der Waals surface area contributed by atoms with E-state index < -0.39 is 5.41 Å². The SMILES string of the molecule is CC(NC(=O)C1(C(N)=S)CC1)c1nccs1. The number of nitrogens with zero attached hydrogens (tertiary/aromatic N) is 1. The van der Waals surface area contributed by atoms with Gasteiger partial charge in [0.2, 0.25) is 5.91 Å². The molecule has 1 aromatic rings. The number of thiazole rings is 1. The summed E-state index contributed by atoms with van der Waals surface area (Å²) in [5.41, 5.74) is 5.00. The molecule has 0 radical (unpaired) electrons. The lowest BCUT2D eigenvalue weighted by molar-refractivity contribution is -0.124. The fourth-order valence-corrected chi connectivity index (χ4v) is 2.50. The van der Waals surface area contributed by atoms with Gasteiger partial charge in [-0.1, -0.05) is 12.2 Å². The number of thiocarbonyl (C=S) groups is 1. The van der Waals surface area contributed by atoms with Gasteiger partial charge in [0, 0.05) is 11.6 Å². The molecular formula is C10H13N3OS2. The van der Waals surface area contributed by atoms with E-state index in [1.807, 2.05) is 12.3 Å². The monoisotopic (exact) mass is 255 g/mol. The van der Waals surface area contributed by atoms with Gasteiger partial charge in [-0.2, -0.15) is 0 Å². The Balaban J connectivity index is 2.01. The minimum atomic E-state index is -0.582. The van der Waals surface area contributed by atoms with Gasteiger partial charge in [0.15, 0.2) is 0 Å². The summed E-state index contributed by atoms with van der Waals surface area (Å²) in [5.74, 6) is -0.0669. The number of hydrogen-bond acceptors (Lipinski definition) is 4. The molecule has 6 heteroatoms. The van der Waals surface area contributed by atoms with Gasteiger partial charge in [-0.25, -0.2) is 4.98 Å². The number of hydrogen-bond donors (Lipinski definition) is 2. The van der Waals surface area contributed by atoms with Crippen LogP contribution in [0.2, 0.25) is 0 Å². The van der Waals surface area contributed by atoms with E-state index >= 15 is 0 Å². The highest BCUT2D eigenvalue weighted by Gasteiger charge is 2.53. The van der Waals surface area contributed by atoms with Crippen LogP contribution in [0.25, 0.3) is 0 Å². The summed E-state index contributed by atoms with van der Waals surface area (Å²) in [6, 6.07) is -0.0840. The number of carbonyl (C=O) groups excluding carboxylic acids is 1. The number of nitrogens with one attached hydrogen (secondary N) is 1. The summed E-state index contributed by atoms with van der Waals surface area (Å²) in [7, 11) is 0. The van der Waals surface area contributed by atoms with Crippen LogP contribution in [0.5, 0.6) is 0 Å². The van der Waals surface area contributed by atoms with Crippen molar-refractivity contribution in [2.24, 2.45) is 11.1 Å². The van der Waals surface area contributed by atoms with E-state index in [4.69, 9.17) is 18.0 Å². The maximum Gasteiger partial charge on any atom is 0.233 e. The van der Waals surface area contributed by atoms with Crippen molar-refractivity contribution < 1.29 is 4.79 Å². The molecule has 1 aliphatic rings. The van der Waals surface area contributed by atoms with Crippen molar-refractivity contribution in [2.45, 2.75) is 25.8 Å². The van der Waals surface area contributed by atoms with Gasteiger partial charge in [-0.05, 0) is 19.8 Å². The summed E-state index contributed by atoms with van der Waals surface area (Å²) in [6.45, 7) is 1.91. The Morgan fingerprint density at radius 3 is 2.88 bits per heavy atom. The first-order chi connectivity index (χ1) is 7.56. The highest BCUT2D eigenvalue weighted by Crippen LogP contribution is 2.46. The lowest BCUT2D eigenvalue weighted by Crippen LogP contribution is -2.40. The van der Waals surface area contributed by atoms with Crippen LogP contribution in [0.4, 0.5) is 0 Å². The van der Waals surface area contributed by atoms with Crippen molar-refractivity contribution in [3.8, 4) is 0 Å². The number of nitrogens with two attached hydrogens (primary N) is 1. The number of amides is 1. The highest BCUT2D eigenvalue weighted by molar-refractivity contribution is 7.80. The molecule has 2 rings (SSSR count). The van der Waals surface area contributed by atoms with Crippen molar-refractivity contribution in [1.82, 2.24) is 10.3 Å². The molecule has 0 aromatic carbocycles. The third kappa shape index (κ3) is 1.94. The van der Waals surface area contributed by atoms with Crippen LogP contribution >= 0.6 is 23.6 Å². The van der Waals surface area contributed by atoms with Crippen molar-refractivity contribution in [1.29, 1.82) is 0 Å². The fraction of sp³-hybridized carbons (Fsp3) is 0.500. The third-order valence-electron chi connectivity index (χ3n) is 2.83. The molecule has 0 aliphatic heterocycles. The molecule has 0 saturated heterocycles. The summed E-state index contributed by atoms with van der Waals surface area (Å²) < 4.78 is 0. The van der Waals surface area contributed by atoms with Gasteiger partial charge in [0.05, 0.1) is 16.4 Å². The maximum absolute atomic E-state index is 12.0. The average molecular weight is 255 g/mol. The first kappa shape index (κ1) is 11.5. The smallest absolute Gasteiger partial charge is 0.233 e. The van der Waals surface area contributed by atoms with Crippen molar-refractivity contribution in [3.05, 3.63) is 16.6 Å². The van der Waals surface area contributed by atoms with Crippen molar-refractivity contribution >= 4 is 34.5 Å². The molecule has 1 aliphatic carbocycles. The van der Waals surface area contributed by atoms with E-state index in [0.717, 1.165) is 17.8 Å². The van der Waals surface area contributed by atoms with Crippen molar-refractivity contribution in [3.63, 3.8) is 0 Å². The zero-order chi connectivity index (χ0) is 11.8. The van der Waals surface area contributed by atoms with Gasteiger partial charge in [-0.3, -0.25) is 4.79 Å². The Morgan fingerprint density at radius 1 is 1.75 bits per heavy atom. The number of aromatic nitrogens is 1. The first-order valence-corrected chi connectivity index (χ1v) is 6.35. The van der Waals surface area contributed by atoms with Crippen LogP contribution < -0.4 is 11.1 Å². The molecule has 3 N–H and O–H groups in total. The Bertz CT molecular complexity index is 412. The van der Waals surface area contributed by atoms with Crippen LogP contribution in [-0.2, 0) is 4.79 Å². The zero-order valence-electron chi connectivity index (χ0n) is 8.90. The fourth-order valence-electron chi connectivity index (χ4n) is 1.56.